The first-order chi connectivity index (χ1) is 12.9. The maximum Gasteiger partial charge on any atom is 0.408 e. The second-order valence-corrected chi connectivity index (χ2v) is 7.98. The Kier molecular flexibility index (Phi) is 8.13. The number of carboxylic acid groups (broad SMARTS) is 2. The van der Waals surface area contributed by atoms with Crippen LogP contribution in [0, 0.1) is 11.8 Å². The van der Waals surface area contributed by atoms with E-state index in [2.05, 4.69) is 4.98 Å². The Balaban J connectivity index is 1.88. The molecule has 152 valence electrons. The van der Waals surface area contributed by atoms with Crippen molar-refractivity contribution in [1.29, 1.82) is 0 Å². The second-order valence-electron chi connectivity index (χ2n) is 7.98. The minimum absolute atomic E-state index is 0.0571. The molecule has 7 heteroatoms. The van der Waals surface area contributed by atoms with Gasteiger partial charge in [-0.25, -0.2) is 14.6 Å². The number of oxazole rings is 1. The highest BCUT2D eigenvalue weighted by molar-refractivity contribution is 5.79. The normalized spacial score (nSPS) is 16.4. The third kappa shape index (κ3) is 6.88. The Morgan fingerprint density at radius 1 is 1.22 bits per heavy atom. The van der Waals surface area contributed by atoms with Gasteiger partial charge in [0.05, 0.1) is 5.69 Å². The Morgan fingerprint density at radius 3 is 2.52 bits per heavy atom. The number of aromatic nitrogens is 1. The zero-order valence-electron chi connectivity index (χ0n) is 16.4. The van der Waals surface area contributed by atoms with Crippen molar-refractivity contribution in [1.82, 2.24) is 9.88 Å². The largest absolute Gasteiger partial charge is 0.480 e. The summed E-state index contributed by atoms with van der Waals surface area (Å²) in [5, 5.41) is 18.8. The number of carboxylic acids is 1. The van der Waals surface area contributed by atoms with Crippen LogP contribution in [0.5, 0.6) is 0 Å². The Hall–Kier alpha value is -2.05. The number of amides is 1. The molecule has 0 saturated heterocycles. The second kappa shape index (κ2) is 10.3. The number of hydrogen-bond acceptors (Lipinski definition) is 4. The van der Waals surface area contributed by atoms with E-state index >= 15 is 0 Å². The van der Waals surface area contributed by atoms with Crippen LogP contribution in [0.2, 0.25) is 0 Å². The summed E-state index contributed by atoms with van der Waals surface area (Å²) in [6, 6.07) is -1.05. The monoisotopic (exact) mass is 380 g/mol. The molecule has 2 N–H and O–H groups in total. The molecule has 0 aliphatic heterocycles. The average Bonchev–Trinajstić information content (AvgIpc) is 3.07. The molecule has 1 amide bonds. The van der Waals surface area contributed by atoms with Crippen LogP contribution in [0.25, 0.3) is 0 Å². The van der Waals surface area contributed by atoms with E-state index in [1.54, 1.807) is 6.26 Å². The van der Waals surface area contributed by atoms with Gasteiger partial charge in [-0.2, -0.15) is 0 Å². The van der Waals surface area contributed by atoms with Crippen molar-refractivity contribution in [3.05, 3.63) is 17.8 Å². The lowest BCUT2D eigenvalue weighted by atomic mass is 9.86. The molecule has 1 unspecified atom stereocenters. The van der Waals surface area contributed by atoms with E-state index in [-0.39, 0.29) is 25.3 Å². The van der Waals surface area contributed by atoms with Gasteiger partial charge in [-0.1, -0.05) is 46.0 Å². The molecule has 2 rings (SSSR count). The lowest BCUT2D eigenvalue weighted by molar-refractivity contribution is -0.143. The number of aryl methyl sites for hydroxylation is 1. The molecule has 0 aromatic carbocycles. The Morgan fingerprint density at radius 2 is 1.93 bits per heavy atom. The van der Waals surface area contributed by atoms with Crippen molar-refractivity contribution < 1.29 is 24.2 Å². The van der Waals surface area contributed by atoms with E-state index in [0.29, 0.717) is 5.89 Å². The molecule has 0 spiro atoms. The van der Waals surface area contributed by atoms with Crippen molar-refractivity contribution in [2.75, 3.05) is 6.54 Å². The van der Waals surface area contributed by atoms with Gasteiger partial charge in [0.1, 0.15) is 12.3 Å². The molecule has 1 aliphatic carbocycles. The van der Waals surface area contributed by atoms with Gasteiger partial charge in [0.15, 0.2) is 5.89 Å². The number of hydrogen-bond donors (Lipinski definition) is 2. The molecule has 1 aromatic rings. The van der Waals surface area contributed by atoms with Gasteiger partial charge in [-0.15, -0.1) is 0 Å². The van der Waals surface area contributed by atoms with Crippen LogP contribution in [0.3, 0.4) is 0 Å². The molecule has 0 bridgehead atoms. The van der Waals surface area contributed by atoms with E-state index in [0.717, 1.165) is 29.4 Å². The molecule has 1 aromatic heterocycles. The SMILES string of the molecule is CC(C)CC(C(=O)O)N(CCc1nc(CCC2CCCCC2)co1)C(=O)O. The van der Waals surface area contributed by atoms with Gasteiger partial charge in [-0.3, -0.25) is 4.90 Å². The van der Waals surface area contributed by atoms with Gasteiger partial charge < -0.3 is 14.6 Å². The highest BCUT2D eigenvalue weighted by atomic mass is 16.4. The van der Waals surface area contributed by atoms with E-state index < -0.39 is 18.1 Å². The summed E-state index contributed by atoms with van der Waals surface area (Å²) in [5.74, 6) is 0.204. The van der Waals surface area contributed by atoms with Crippen molar-refractivity contribution in [2.24, 2.45) is 11.8 Å². The molecular weight excluding hydrogens is 348 g/mol. The van der Waals surface area contributed by atoms with Gasteiger partial charge in [0.25, 0.3) is 0 Å². The van der Waals surface area contributed by atoms with Gasteiger partial charge in [0, 0.05) is 13.0 Å². The summed E-state index contributed by atoms with van der Waals surface area (Å²) >= 11 is 0. The van der Waals surface area contributed by atoms with Crippen LogP contribution in [-0.2, 0) is 17.6 Å². The number of rotatable bonds is 10. The fourth-order valence-corrected chi connectivity index (χ4v) is 3.82. The first-order valence-electron chi connectivity index (χ1n) is 10.0. The average molecular weight is 380 g/mol. The topological polar surface area (TPSA) is 104 Å². The summed E-state index contributed by atoms with van der Waals surface area (Å²) in [5.41, 5.74) is 0.898. The molecule has 1 aliphatic rings. The molecule has 7 nitrogen and oxygen atoms in total. The first kappa shape index (κ1) is 21.3. The van der Waals surface area contributed by atoms with E-state index in [9.17, 15) is 19.8 Å². The number of carbonyl (C=O) groups is 2. The molecule has 27 heavy (non-hydrogen) atoms. The van der Waals surface area contributed by atoms with Gasteiger partial charge >= 0.3 is 12.1 Å². The van der Waals surface area contributed by atoms with Crippen molar-refractivity contribution >= 4 is 12.1 Å². The minimum atomic E-state index is -1.23. The zero-order chi connectivity index (χ0) is 19.8. The molecule has 0 radical (unpaired) electrons. The summed E-state index contributed by atoms with van der Waals surface area (Å²) in [7, 11) is 0. The highest BCUT2D eigenvalue weighted by Gasteiger charge is 2.30. The molecule has 1 saturated carbocycles. The number of nitrogens with zero attached hydrogens (tertiary/aromatic N) is 2. The highest BCUT2D eigenvalue weighted by Crippen LogP contribution is 2.27. The standard InChI is InChI=1S/C20H32N2O5/c1-14(2)12-17(19(23)24)22(20(25)26)11-10-18-21-16(13-27-18)9-8-15-6-4-3-5-7-15/h13-15,17H,3-12H2,1-2H3,(H,23,24)(H,25,26). The summed E-state index contributed by atoms with van der Waals surface area (Å²) < 4.78 is 5.48. The van der Waals surface area contributed by atoms with Crippen LogP contribution < -0.4 is 0 Å². The van der Waals surface area contributed by atoms with E-state index in [1.807, 2.05) is 13.8 Å². The fourth-order valence-electron chi connectivity index (χ4n) is 3.82. The predicted molar refractivity (Wildman–Crippen MR) is 101 cm³/mol. The quantitative estimate of drug-likeness (QED) is 0.630. The zero-order valence-corrected chi connectivity index (χ0v) is 16.4. The molecule has 1 heterocycles. The molecule has 1 fully saturated rings. The summed E-state index contributed by atoms with van der Waals surface area (Å²) in [6.45, 7) is 3.81. The Labute approximate surface area is 160 Å². The van der Waals surface area contributed by atoms with Crippen LogP contribution in [0.15, 0.2) is 10.7 Å². The van der Waals surface area contributed by atoms with Crippen LogP contribution in [0.1, 0.15) is 70.4 Å². The van der Waals surface area contributed by atoms with Crippen LogP contribution in [-0.4, -0.2) is 44.7 Å². The van der Waals surface area contributed by atoms with Crippen LogP contribution >= 0.6 is 0 Å². The van der Waals surface area contributed by atoms with Crippen molar-refractivity contribution in [2.45, 2.75) is 77.7 Å². The lowest BCUT2D eigenvalue weighted by Crippen LogP contribution is -2.46. The van der Waals surface area contributed by atoms with Gasteiger partial charge in [0.2, 0.25) is 0 Å². The maximum absolute atomic E-state index is 11.5. The van der Waals surface area contributed by atoms with Gasteiger partial charge in [-0.05, 0) is 31.1 Å². The molecule has 1 atom stereocenters. The minimum Gasteiger partial charge on any atom is -0.480 e. The summed E-state index contributed by atoms with van der Waals surface area (Å²) in [4.78, 5) is 28.5. The van der Waals surface area contributed by atoms with E-state index in [1.165, 1.54) is 32.1 Å². The summed E-state index contributed by atoms with van der Waals surface area (Å²) in [6.07, 6.45) is 9.54. The number of aliphatic carboxylic acids is 1. The smallest absolute Gasteiger partial charge is 0.408 e. The van der Waals surface area contributed by atoms with Crippen LogP contribution in [0.4, 0.5) is 4.79 Å². The lowest BCUT2D eigenvalue weighted by Gasteiger charge is -2.27. The van der Waals surface area contributed by atoms with E-state index in [4.69, 9.17) is 4.42 Å². The first-order valence-corrected chi connectivity index (χ1v) is 10.0. The fraction of sp³-hybridized carbons (Fsp3) is 0.750. The predicted octanol–water partition coefficient (Wildman–Crippen LogP) is 4.21. The Bertz CT molecular complexity index is 607. The molecular formula is C20H32N2O5. The third-order valence-electron chi connectivity index (χ3n) is 5.30. The maximum atomic E-state index is 11.5. The van der Waals surface area contributed by atoms with Crippen molar-refractivity contribution in [3.8, 4) is 0 Å². The third-order valence-corrected chi connectivity index (χ3v) is 5.30. The van der Waals surface area contributed by atoms with Crippen molar-refractivity contribution in [3.63, 3.8) is 0 Å².